The third-order valence-corrected chi connectivity index (χ3v) is 5.37. The number of carbonyl (C=O) groups is 1. The maximum Gasteiger partial charge on any atom is 0.317 e. The molecule has 2 amide bonds. The summed E-state index contributed by atoms with van der Waals surface area (Å²) in [6.07, 6.45) is 2.87. The van der Waals surface area contributed by atoms with Gasteiger partial charge in [0.1, 0.15) is 0 Å². The number of anilines is 1. The molecule has 3 aromatic rings. The van der Waals surface area contributed by atoms with Crippen LogP contribution in [-0.2, 0) is 6.42 Å². The van der Waals surface area contributed by atoms with Crippen LogP contribution in [0.2, 0.25) is 0 Å². The number of nitrogens with zero attached hydrogens (tertiary/aromatic N) is 2. The van der Waals surface area contributed by atoms with Gasteiger partial charge in [-0.25, -0.2) is 4.79 Å². The van der Waals surface area contributed by atoms with E-state index in [0.717, 1.165) is 38.1 Å². The summed E-state index contributed by atoms with van der Waals surface area (Å²) < 4.78 is 0. The molecule has 1 aromatic heterocycles. The first-order valence-electron chi connectivity index (χ1n) is 9.61. The zero-order valence-electron chi connectivity index (χ0n) is 15.7. The first-order chi connectivity index (χ1) is 13.2. The van der Waals surface area contributed by atoms with Gasteiger partial charge < -0.3 is 20.1 Å². The minimum Gasteiger partial charge on any atom is -0.368 e. The molecule has 2 aromatic carbocycles. The van der Waals surface area contributed by atoms with Gasteiger partial charge in [0.2, 0.25) is 0 Å². The Bertz CT molecular complexity index is 925. The van der Waals surface area contributed by atoms with Gasteiger partial charge in [-0.2, -0.15) is 0 Å². The lowest BCUT2D eigenvalue weighted by Gasteiger charge is -2.36. The van der Waals surface area contributed by atoms with Gasteiger partial charge in [-0.3, -0.25) is 0 Å². The van der Waals surface area contributed by atoms with Crippen molar-refractivity contribution in [2.75, 3.05) is 37.6 Å². The van der Waals surface area contributed by atoms with Crippen molar-refractivity contribution in [3.05, 3.63) is 65.9 Å². The quantitative estimate of drug-likeness (QED) is 0.746. The molecule has 5 heteroatoms. The standard InChI is InChI=1S/C22H26N4O/c1-17-6-2-5-9-21(17)25-12-14-26(15-13-25)22(27)23-11-10-18-16-24-20-8-4-3-7-19(18)20/h2-9,16,24H,10-15H2,1H3,(H,23,27). The van der Waals surface area contributed by atoms with E-state index in [-0.39, 0.29) is 6.03 Å². The third kappa shape index (κ3) is 3.77. The van der Waals surface area contributed by atoms with E-state index in [1.165, 1.54) is 22.2 Å². The number of nitrogens with one attached hydrogen (secondary N) is 2. The Kier molecular flexibility index (Phi) is 5.01. The molecule has 140 valence electrons. The molecule has 0 spiro atoms. The van der Waals surface area contributed by atoms with Gasteiger partial charge in [0, 0.05) is 55.5 Å². The van der Waals surface area contributed by atoms with Crippen molar-refractivity contribution in [3.8, 4) is 0 Å². The Balaban J connectivity index is 1.27. The monoisotopic (exact) mass is 362 g/mol. The number of aromatic amines is 1. The van der Waals surface area contributed by atoms with Crippen LogP contribution in [0.5, 0.6) is 0 Å². The van der Waals surface area contributed by atoms with E-state index in [1.54, 1.807) is 0 Å². The molecule has 5 nitrogen and oxygen atoms in total. The first-order valence-corrected chi connectivity index (χ1v) is 9.61. The Hall–Kier alpha value is -2.95. The van der Waals surface area contributed by atoms with Crippen LogP contribution in [0.15, 0.2) is 54.7 Å². The van der Waals surface area contributed by atoms with E-state index in [0.29, 0.717) is 6.54 Å². The van der Waals surface area contributed by atoms with Crippen LogP contribution >= 0.6 is 0 Å². The maximum absolute atomic E-state index is 12.5. The number of piperazine rings is 1. The molecule has 0 bridgehead atoms. The summed E-state index contributed by atoms with van der Waals surface area (Å²) in [5.74, 6) is 0. The topological polar surface area (TPSA) is 51.4 Å². The molecule has 4 rings (SSSR count). The minimum atomic E-state index is 0.0410. The number of amides is 2. The highest BCUT2D eigenvalue weighted by Crippen LogP contribution is 2.21. The number of aromatic nitrogens is 1. The molecule has 0 unspecified atom stereocenters. The average molecular weight is 362 g/mol. The number of rotatable bonds is 4. The highest BCUT2D eigenvalue weighted by atomic mass is 16.2. The molecule has 2 N–H and O–H groups in total. The highest BCUT2D eigenvalue weighted by Gasteiger charge is 2.21. The van der Waals surface area contributed by atoms with Crippen molar-refractivity contribution >= 4 is 22.6 Å². The van der Waals surface area contributed by atoms with Crippen molar-refractivity contribution in [1.29, 1.82) is 0 Å². The molecule has 0 saturated carbocycles. The fourth-order valence-electron chi connectivity index (χ4n) is 3.82. The molecule has 1 saturated heterocycles. The normalized spacial score (nSPS) is 14.6. The van der Waals surface area contributed by atoms with Gasteiger partial charge in [0.25, 0.3) is 0 Å². The number of fused-ring (bicyclic) bond motifs is 1. The average Bonchev–Trinajstić information content (AvgIpc) is 3.12. The molecule has 0 aliphatic carbocycles. The summed E-state index contributed by atoms with van der Waals surface area (Å²) in [5.41, 5.74) is 4.95. The van der Waals surface area contributed by atoms with E-state index in [4.69, 9.17) is 0 Å². The minimum absolute atomic E-state index is 0.0410. The number of hydrogen-bond donors (Lipinski definition) is 2. The van der Waals surface area contributed by atoms with E-state index in [1.807, 2.05) is 23.2 Å². The summed E-state index contributed by atoms with van der Waals surface area (Å²) >= 11 is 0. The van der Waals surface area contributed by atoms with E-state index in [2.05, 4.69) is 58.5 Å². The second-order valence-corrected chi connectivity index (χ2v) is 7.10. The van der Waals surface area contributed by atoms with Crippen LogP contribution in [0, 0.1) is 6.92 Å². The molecule has 1 aliphatic heterocycles. The van der Waals surface area contributed by atoms with Crippen LogP contribution in [0.3, 0.4) is 0 Å². The largest absolute Gasteiger partial charge is 0.368 e. The molecule has 1 fully saturated rings. The fraction of sp³-hybridized carbons (Fsp3) is 0.318. The Morgan fingerprint density at radius 1 is 1.04 bits per heavy atom. The highest BCUT2D eigenvalue weighted by molar-refractivity contribution is 5.83. The van der Waals surface area contributed by atoms with Crippen LogP contribution in [0.4, 0.5) is 10.5 Å². The molecule has 27 heavy (non-hydrogen) atoms. The van der Waals surface area contributed by atoms with Crippen molar-refractivity contribution in [2.45, 2.75) is 13.3 Å². The van der Waals surface area contributed by atoms with E-state index >= 15 is 0 Å². The number of para-hydroxylation sites is 2. The van der Waals surface area contributed by atoms with E-state index < -0.39 is 0 Å². The van der Waals surface area contributed by atoms with Gasteiger partial charge in [0.05, 0.1) is 0 Å². The lowest BCUT2D eigenvalue weighted by atomic mass is 10.1. The van der Waals surface area contributed by atoms with Crippen LogP contribution in [0.1, 0.15) is 11.1 Å². The fourth-order valence-corrected chi connectivity index (χ4v) is 3.82. The van der Waals surface area contributed by atoms with Gasteiger partial charge in [-0.15, -0.1) is 0 Å². The maximum atomic E-state index is 12.5. The molecular formula is C22H26N4O. The predicted octanol–water partition coefficient (Wildman–Crippen LogP) is 3.55. The van der Waals surface area contributed by atoms with Crippen molar-refractivity contribution in [3.63, 3.8) is 0 Å². The number of benzene rings is 2. The van der Waals surface area contributed by atoms with Crippen LogP contribution in [0.25, 0.3) is 10.9 Å². The lowest BCUT2D eigenvalue weighted by Crippen LogP contribution is -2.52. The third-order valence-electron chi connectivity index (χ3n) is 5.37. The number of hydrogen-bond acceptors (Lipinski definition) is 2. The SMILES string of the molecule is Cc1ccccc1N1CCN(C(=O)NCCc2c[nH]c3ccccc23)CC1. The molecule has 0 radical (unpaired) electrons. The van der Waals surface area contributed by atoms with Gasteiger partial charge in [0.15, 0.2) is 0 Å². The number of carbonyl (C=O) groups excluding carboxylic acids is 1. The second-order valence-electron chi connectivity index (χ2n) is 7.10. The number of aryl methyl sites for hydroxylation is 1. The predicted molar refractivity (Wildman–Crippen MR) is 110 cm³/mol. The van der Waals surface area contributed by atoms with Crippen molar-refractivity contribution in [1.82, 2.24) is 15.2 Å². The summed E-state index contributed by atoms with van der Waals surface area (Å²) in [4.78, 5) is 20.1. The first kappa shape index (κ1) is 17.5. The molecular weight excluding hydrogens is 336 g/mol. The summed E-state index contributed by atoms with van der Waals surface area (Å²) in [5, 5.41) is 4.31. The Morgan fingerprint density at radius 2 is 1.78 bits per heavy atom. The Morgan fingerprint density at radius 3 is 2.59 bits per heavy atom. The van der Waals surface area contributed by atoms with Gasteiger partial charge >= 0.3 is 6.03 Å². The summed E-state index contributed by atoms with van der Waals surface area (Å²) in [6.45, 7) is 6.06. The van der Waals surface area contributed by atoms with Crippen molar-refractivity contribution in [2.24, 2.45) is 0 Å². The van der Waals surface area contributed by atoms with Crippen LogP contribution < -0.4 is 10.2 Å². The number of H-pyrrole nitrogens is 1. The van der Waals surface area contributed by atoms with Crippen LogP contribution in [-0.4, -0.2) is 48.6 Å². The van der Waals surface area contributed by atoms with E-state index in [9.17, 15) is 4.79 Å². The number of urea groups is 1. The second kappa shape index (κ2) is 7.74. The van der Waals surface area contributed by atoms with Gasteiger partial charge in [-0.1, -0.05) is 36.4 Å². The zero-order chi connectivity index (χ0) is 18.6. The molecule has 1 aliphatic rings. The van der Waals surface area contributed by atoms with Gasteiger partial charge in [-0.05, 0) is 36.6 Å². The lowest BCUT2D eigenvalue weighted by molar-refractivity contribution is 0.194. The molecule has 2 heterocycles. The van der Waals surface area contributed by atoms with Crippen molar-refractivity contribution < 1.29 is 4.79 Å². The zero-order valence-corrected chi connectivity index (χ0v) is 15.7. The smallest absolute Gasteiger partial charge is 0.317 e. The Labute approximate surface area is 160 Å². The summed E-state index contributed by atoms with van der Waals surface area (Å²) in [7, 11) is 0. The molecule has 0 atom stereocenters. The summed E-state index contributed by atoms with van der Waals surface area (Å²) in [6, 6.07) is 16.7.